The molecular formula is C16H25ClN2O4S. The van der Waals surface area contributed by atoms with E-state index in [-0.39, 0.29) is 9.92 Å². The van der Waals surface area contributed by atoms with Gasteiger partial charge in [-0.2, -0.15) is 0 Å². The van der Waals surface area contributed by atoms with Crippen molar-refractivity contribution < 1.29 is 13.3 Å². The van der Waals surface area contributed by atoms with Gasteiger partial charge in [0.2, 0.25) is 10.0 Å². The Morgan fingerprint density at radius 3 is 2.25 bits per heavy atom. The summed E-state index contributed by atoms with van der Waals surface area (Å²) < 4.78 is 26.8. The van der Waals surface area contributed by atoms with Crippen molar-refractivity contribution in [2.75, 3.05) is 6.54 Å². The highest BCUT2D eigenvalue weighted by Crippen LogP contribution is 2.26. The Bertz CT molecular complexity index is 635. The second kappa shape index (κ2) is 10.6. The second-order valence-electron chi connectivity index (χ2n) is 5.74. The second-order valence-corrected chi connectivity index (χ2v) is 7.92. The molecule has 0 aromatic heterocycles. The Labute approximate surface area is 148 Å². The topological polar surface area (TPSA) is 89.3 Å². The predicted octanol–water partition coefficient (Wildman–Crippen LogP) is 4.67. The van der Waals surface area contributed by atoms with E-state index in [0.29, 0.717) is 6.54 Å². The van der Waals surface area contributed by atoms with Crippen LogP contribution in [0.4, 0.5) is 5.69 Å². The van der Waals surface area contributed by atoms with Crippen molar-refractivity contribution >= 4 is 27.3 Å². The molecule has 0 spiro atoms. The van der Waals surface area contributed by atoms with E-state index >= 15 is 0 Å². The number of nitrogens with one attached hydrogen (secondary N) is 1. The van der Waals surface area contributed by atoms with Gasteiger partial charge >= 0.3 is 0 Å². The Kier molecular flexibility index (Phi) is 9.25. The van der Waals surface area contributed by atoms with Crippen LogP contribution in [0.25, 0.3) is 0 Å². The summed E-state index contributed by atoms with van der Waals surface area (Å²) in [6.45, 7) is 2.51. The maximum absolute atomic E-state index is 12.1. The number of nitro benzene ring substituents is 1. The van der Waals surface area contributed by atoms with Gasteiger partial charge in [-0.25, -0.2) is 13.1 Å². The molecule has 0 heterocycles. The fourth-order valence-corrected chi connectivity index (χ4v) is 3.63. The summed E-state index contributed by atoms with van der Waals surface area (Å²) in [6, 6.07) is 3.48. The van der Waals surface area contributed by atoms with Crippen LogP contribution >= 0.6 is 11.6 Å². The van der Waals surface area contributed by atoms with Crippen LogP contribution in [0.2, 0.25) is 5.02 Å². The van der Waals surface area contributed by atoms with Crippen molar-refractivity contribution in [3.05, 3.63) is 33.3 Å². The van der Waals surface area contributed by atoms with E-state index in [0.717, 1.165) is 25.3 Å². The molecular weight excluding hydrogens is 352 g/mol. The van der Waals surface area contributed by atoms with Crippen LogP contribution < -0.4 is 4.72 Å². The average Bonchev–Trinajstić information content (AvgIpc) is 2.53. The molecule has 1 aromatic rings. The van der Waals surface area contributed by atoms with E-state index in [2.05, 4.69) is 11.6 Å². The summed E-state index contributed by atoms with van der Waals surface area (Å²) in [5.41, 5.74) is -0.411. The summed E-state index contributed by atoms with van der Waals surface area (Å²) >= 11 is 5.69. The molecule has 0 saturated heterocycles. The third kappa shape index (κ3) is 7.15. The van der Waals surface area contributed by atoms with E-state index in [9.17, 15) is 18.5 Å². The van der Waals surface area contributed by atoms with Gasteiger partial charge in [0.25, 0.3) is 5.69 Å². The van der Waals surface area contributed by atoms with Crippen molar-refractivity contribution in [2.45, 2.75) is 63.2 Å². The van der Waals surface area contributed by atoms with Gasteiger partial charge in [-0.3, -0.25) is 10.1 Å². The first kappa shape index (κ1) is 20.9. The first-order chi connectivity index (χ1) is 11.4. The molecule has 0 unspecified atom stereocenters. The molecule has 1 aromatic carbocycles. The third-order valence-corrected chi connectivity index (χ3v) is 5.53. The highest BCUT2D eigenvalue weighted by atomic mass is 35.5. The minimum atomic E-state index is -3.75. The molecule has 0 radical (unpaired) electrons. The molecule has 0 fully saturated rings. The zero-order chi connectivity index (χ0) is 18.0. The van der Waals surface area contributed by atoms with Crippen molar-refractivity contribution in [2.24, 2.45) is 0 Å². The van der Waals surface area contributed by atoms with Gasteiger partial charge in [0.05, 0.1) is 9.82 Å². The zero-order valence-electron chi connectivity index (χ0n) is 14.0. The summed E-state index contributed by atoms with van der Waals surface area (Å²) in [7, 11) is -3.75. The lowest BCUT2D eigenvalue weighted by atomic mass is 10.1. The lowest BCUT2D eigenvalue weighted by Crippen LogP contribution is -2.24. The zero-order valence-corrected chi connectivity index (χ0v) is 15.5. The van der Waals surface area contributed by atoms with Gasteiger partial charge in [0.15, 0.2) is 0 Å². The largest absolute Gasteiger partial charge is 0.289 e. The average molecular weight is 377 g/mol. The molecule has 6 nitrogen and oxygen atoms in total. The van der Waals surface area contributed by atoms with Gasteiger partial charge in [0, 0.05) is 12.6 Å². The highest BCUT2D eigenvalue weighted by molar-refractivity contribution is 7.89. The Morgan fingerprint density at radius 2 is 1.67 bits per heavy atom. The number of hydrogen-bond acceptors (Lipinski definition) is 4. The predicted molar refractivity (Wildman–Crippen MR) is 95.9 cm³/mol. The van der Waals surface area contributed by atoms with Gasteiger partial charge in [0.1, 0.15) is 5.02 Å². The fourth-order valence-electron chi connectivity index (χ4n) is 2.35. The molecule has 0 atom stereocenters. The standard InChI is InChI=1S/C16H25ClN2O4S/c1-2-3-4-5-6-7-8-9-12-18-24(22,23)14-10-11-15(17)16(13-14)19(20)21/h10-11,13,18H,2-9,12H2,1H3. The molecule has 1 rings (SSSR count). The van der Waals surface area contributed by atoms with Crippen LogP contribution in [-0.4, -0.2) is 19.9 Å². The molecule has 1 N–H and O–H groups in total. The molecule has 136 valence electrons. The number of nitrogens with zero attached hydrogens (tertiary/aromatic N) is 1. The van der Waals surface area contributed by atoms with Crippen LogP contribution in [0.15, 0.2) is 23.1 Å². The normalized spacial score (nSPS) is 11.6. The fraction of sp³-hybridized carbons (Fsp3) is 0.625. The van der Waals surface area contributed by atoms with Crippen molar-refractivity contribution in [3.63, 3.8) is 0 Å². The van der Waals surface area contributed by atoms with E-state index in [4.69, 9.17) is 11.6 Å². The minimum absolute atomic E-state index is 0.0815. The number of hydrogen-bond donors (Lipinski definition) is 1. The number of sulfonamides is 1. The molecule has 0 aliphatic rings. The van der Waals surface area contributed by atoms with Crippen LogP contribution in [-0.2, 0) is 10.0 Å². The molecule has 0 saturated carbocycles. The number of rotatable bonds is 12. The van der Waals surface area contributed by atoms with Crippen molar-refractivity contribution in [1.82, 2.24) is 4.72 Å². The molecule has 0 amide bonds. The Hall–Kier alpha value is -1.18. The van der Waals surface area contributed by atoms with Gasteiger partial charge < -0.3 is 0 Å². The first-order valence-corrected chi connectivity index (χ1v) is 10.2. The lowest BCUT2D eigenvalue weighted by molar-refractivity contribution is -0.384. The SMILES string of the molecule is CCCCCCCCCCNS(=O)(=O)c1ccc(Cl)c([N+](=O)[O-])c1. The molecule has 0 aliphatic heterocycles. The summed E-state index contributed by atoms with van der Waals surface area (Å²) in [6.07, 6.45) is 8.98. The quantitative estimate of drug-likeness (QED) is 0.326. The molecule has 0 bridgehead atoms. The highest BCUT2D eigenvalue weighted by Gasteiger charge is 2.20. The smallest absolute Gasteiger partial charge is 0.258 e. The van der Waals surface area contributed by atoms with Crippen molar-refractivity contribution in [3.8, 4) is 0 Å². The molecule has 8 heteroatoms. The van der Waals surface area contributed by atoms with E-state index in [1.54, 1.807) is 0 Å². The summed E-state index contributed by atoms with van der Waals surface area (Å²) in [5, 5.41) is 10.8. The number of benzene rings is 1. The third-order valence-electron chi connectivity index (χ3n) is 3.75. The Balaban J connectivity index is 2.39. The first-order valence-electron chi connectivity index (χ1n) is 8.32. The van der Waals surface area contributed by atoms with Gasteiger partial charge in [-0.1, -0.05) is 63.5 Å². The van der Waals surface area contributed by atoms with E-state index < -0.39 is 20.6 Å². The molecule has 24 heavy (non-hydrogen) atoms. The van der Waals surface area contributed by atoms with E-state index in [1.807, 2.05) is 0 Å². The van der Waals surface area contributed by atoms with Crippen molar-refractivity contribution in [1.29, 1.82) is 0 Å². The van der Waals surface area contributed by atoms with Crippen LogP contribution in [0.3, 0.4) is 0 Å². The van der Waals surface area contributed by atoms with Gasteiger partial charge in [-0.15, -0.1) is 0 Å². The van der Waals surface area contributed by atoms with Crippen LogP contribution in [0, 0.1) is 10.1 Å². The van der Waals surface area contributed by atoms with Gasteiger partial charge in [-0.05, 0) is 18.6 Å². The number of nitro groups is 1. The maximum Gasteiger partial charge on any atom is 0.289 e. The summed E-state index contributed by atoms with van der Waals surface area (Å²) in [4.78, 5) is 10.00. The number of halogens is 1. The maximum atomic E-state index is 12.1. The summed E-state index contributed by atoms with van der Waals surface area (Å²) in [5.74, 6) is 0. The Morgan fingerprint density at radius 1 is 1.08 bits per heavy atom. The lowest BCUT2D eigenvalue weighted by Gasteiger charge is -2.07. The van der Waals surface area contributed by atoms with Crippen LogP contribution in [0.1, 0.15) is 58.3 Å². The minimum Gasteiger partial charge on any atom is -0.258 e. The molecule has 0 aliphatic carbocycles. The monoisotopic (exact) mass is 376 g/mol. The number of unbranched alkanes of at least 4 members (excludes halogenated alkanes) is 7. The van der Waals surface area contributed by atoms with E-state index in [1.165, 1.54) is 44.2 Å². The van der Waals surface area contributed by atoms with Crippen LogP contribution in [0.5, 0.6) is 0 Å².